The van der Waals surface area contributed by atoms with Crippen molar-refractivity contribution < 1.29 is 14.3 Å². The van der Waals surface area contributed by atoms with Gasteiger partial charge in [-0.2, -0.15) is 10.2 Å². The number of azo groups is 1. The van der Waals surface area contributed by atoms with Gasteiger partial charge < -0.3 is 20.9 Å². The van der Waals surface area contributed by atoms with Gasteiger partial charge in [0.2, 0.25) is 12.7 Å². The molecule has 0 spiro atoms. The zero-order valence-electron chi connectivity index (χ0n) is 12.8. The minimum absolute atomic E-state index is 0.186. The third kappa shape index (κ3) is 2.44. The zero-order valence-corrected chi connectivity index (χ0v) is 12.8. The number of benzene rings is 2. The Hall–Kier alpha value is -3.09. The van der Waals surface area contributed by atoms with E-state index < -0.39 is 11.9 Å². The first-order chi connectivity index (χ1) is 11.6. The minimum Gasteiger partial charge on any atom is -0.454 e. The molecule has 0 saturated carbocycles. The Morgan fingerprint density at radius 1 is 1.08 bits per heavy atom. The summed E-state index contributed by atoms with van der Waals surface area (Å²) in [5.41, 5.74) is 14.7. The standard InChI is InChI=1S/C17H16N4O3/c18-11-3-1-9(2-4-11)16-12-7-15-14(23-8-24-15)6-10(12)5-13(17(19)22)20-21-16/h1-4,6-7,13,16H,5,8,18H2,(H2,19,22). The van der Waals surface area contributed by atoms with Crippen molar-refractivity contribution in [2.75, 3.05) is 12.5 Å². The van der Waals surface area contributed by atoms with Crippen LogP contribution in [0.3, 0.4) is 0 Å². The number of nitrogen functional groups attached to an aromatic ring is 1. The molecule has 7 heteroatoms. The molecule has 0 bridgehead atoms. The molecule has 0 aromatic heterocycles. The van der Waals surface area contributed by atoms with E-state index in [0.717, 1.165) is 16.7 Å². The number of fused-ring (bicyclic) bond motifs is 2. The van der Waals surface area contributed by atoms with Crippen LogP contribution >= 0.6 is 0 Å². The molecular formula is C17H16N4O3. The summed E-state index contributed by atoms with van der Waals surface area (Å²) in [5, 5.41) is 8.54. The summed E-state index contributed by atoms with van der Waals surface area (Å²) in [7, 11) is 0. The maximum Gasteiger partial charge on any atom is 0.244 e. The predicted octanol–water partition coefficient (Wildman–Crippen LogP) is 1.95. The van der Waals surface area contributed by atoms with Gasteiger partial charge in [0.05, 0.1) is 0 Å². The SMILES string of the molecule is NC(=O)C1Cc2cc3c(cc2C(c2ccc(N)cc2)N=N1)OCO3. The zero-order chi connectivity index (χ0) is 16.7. The van der Waals surface area contributed by atoms with Crippen LogP contribution in [0.4, 0.5) is 5.69 Å². The monoisotopic (exact) mass is 324 g/mol. The van der Waals surface area contributed by atoms with E-state index in [2.05, 4.69) is 10.2 Å². The maximum absolute atomic E-state index is 11.6. The van der Waals surface area contributed by atoms with E-state index in [4.69, 9.17) is 20.9 Å². The first kappa shape index (κ1) is 14.5. The lowest BCUT2D eigenvalue weighted by atomic mass is 9.92. The number of ether oxygens (including phenoxy) is 2. The number of nitrogens with zero attached hydrogens (tertiary/aromatic N) is 2. The van der Waals surface area contributed by atoms with Crippen LogP contribution in [0.1, 0.15) is 22.7 Å². The molecular weight excluding hydrogens is 308 g/mol. The fourth-order valence-corrected chi connectivity index (χ4v) is 2.97. The van der Waals surface area contributed by atoms with Crippen molar-refractivity contribution in [2.45, 2.75) is 18.5 Å². The summed E-state index contributed by atoms with van der Waals surface area (Å²) in [6, 6.07) is 10.2. The number of carbonyl (C=O) groups is 1. The molecule has 2 heterocycles. The summed E-state index contributed by atoms with van der Waals surface area (Å²) >= 11 is 0. The Balaban J connectivity index is 1.85. The number of hydrogen-bond donors (Lipinski definition) is 2. The van der Waals surface area contributed by atoms with Crippen molar-refractivity contribution in [1.82, 2.24) is 0 Å². The van der Waals surface area contributed by atoms with Crippen LogP contribution in [0.2, 0.25) is 0 Å². The Morgan fingerprint density at radius 2 is 1.79 bits per heavy atom. The molecule has 2 aliphatic rings. The van der Waals surface area contributed by atoms with Crippen molar-refractivity contribution in [3.63, 3.8) is 0 Å². The molecule has 0 fully saturated rings. The Kier molecular flexibility index (Phi) is 3.34. The highest BCUT2D eigenvalue weighted by molar-refractivity contribution is 5.80. The molecule has 1 amide bonds. The smallest absolute Gasteiger partial charge is 0.244 e. The fraction of sp³-hybridized carbons (Fsp3) is 0.235. The van der Waals surface area contributed by atoms with Crippen LogP contribution in [-0.2, 0) is 11.2 Å². The lowest BCUT2D eigenvalue weighted by molar-refractivity contribution is -0.119. The number of carbonyl (C=O) groups excluding carboxylic acids is 1. The Morgan fingerprint density at radius 3 is 2.50 bits per heavy atom. The topological polar surface area (TPSA) is 112 Å². The third-order valence-corrected chi connectivity index (χ3v) is 4.24. The first-order valence-corrected chi connectivity index (χ1v) is 7.59. The average molecular weight is 324 g/mol. The molecule has 2 aromatic carbocycles. The molecule has 2 aliphatic heterocycles. The molecule has 122 valence electrons. The van der Waals surface area contributed by atoms with Gasteiger partial charge >= 0.3 is 0 Å². The fourth-order valence-electron chi connectivity index (χ4n) is 2.97. The van der Waals surface area contributed by atoms with Gasteiger partial charge in [0.15, 0.2) is 17.5 Å². The van der Waals surface area contributed by atoms with Gasteiger partial charge in [-0.3, -0.25) is 4.79 Å². The molecule has 7 nitrogen and oxygen atoms in total. The van der Waals surface area contributed by atoms with Crippen molar-refractivity contribution in [2.24, 2.45) is 16.0 Å². The lowest BCUT2D eigenvalue weighted by Gasteiger charge is -2.15. The molecule has 0 aliphatic carbocycles. The summed E-state index contributed by atoms with van der Waals surface area (Å²) in [6.45, 7) is 0.186. The summed E-state index contributed by atoms with van der Waals surface area (Å²) in [6.07, 6.45) is 0.385. The molecule has 2 atom stereocenters. The lowest BCUT2D eigenvalue weighted by Crippen LogP contribution is -2.28. The van der Waals surface area contributed by atoms with Crippen LogP contribution in [0.15, 0.2) is 46.6 Å². The highest BCUT2D eigenvalue weighted by Crippen LogP contribution is 2.41. The number of anilines is 1. The number of amides is 1. The molecule has 4 N–H and O–H groups in total. The minimum atomic E-state index is -0.692. The van der Waals surface area contributed by atoms with Gasteiger partial charge in [0, 0.05) is 12.1 Å². The van der Waals surface area contributed by atoms with E-state index >= 15 is 0 Å². The van der Waals surface area contributed by atoms with Crippen LogP contribution in [0.5, 0.6) is 11.5 Å². The summed E-state index contributed by atoms with van der Waals surface area (Å²) in [4.78, 5) is 11.6. The number of primary amides is 1. The van der Waals surface area contributed by atoms with E-state index in [1.807, 2.05) is 36.4 Å². The Bertz CT molecular complexity index is 832. The second-order valence-corrected chi connectivity index (χ2v) is 5.83. The van der Waals surface area contributed by atoms with Crippen molar-refractivity contribution >= 4 is 11.6 Å². The van der Waals surface area contributed by atoms with Crippen LogP contribution in [-0.4, -0.2) is 18.7 Å². The molecule has 0 saturated heterocycles. The quantitative estimate of drug-likeness (QED) is 0.822. The first-order valence-electron chi connectivity index (χ1n) is 7.59. The molecule has 24 heavy (non-hydrogen) atoms. The van der Waals surface area contributed by atoms with Crippen molar-refractivity contribution in [3.05, 3.63) is 53.1 Å². The summed E-state index contributed by atoms with van der Waals surface area (Å²) in [5.74, 6) is 0.831. The van der Waals surface area contributed by atoms with Crippen LogP contribution in [0, 0.1) is 0 Å². The maximum atomic E-state index is 11.6. The predicted molar refractivity (Wildman–Crippen MR) is 86.8 cm³/mol. The van der Waals surface area contributed by atoms with Crippen LogP contribution in [0.25, 0.3) is 0 Å². The number of nitrogens with two attached hydrogens (primary N) is 2. The second-order valence-electron chi connectivity index (χ2n) is 5.83. The van der Waals surface area contributed by atoms with Gasteiger partial charge in [-0.25, -0.2) is 0 Å². The van der Waals surface area contributed by atoms with E-state index in [9.17, 15) is 4.79 Å². The van der Waals surface area contributed by atoms with Gasteiger partial charge in [-0.15, -0.1) is 0 Å². The van der Waals surface area contributed by atoms with E-state index in [1.54, 1.807) is 0 Å². The average Bonchev–Trinajstić information content (AvgIpc) is 2.93. The molecule has 4 rings (SSSR count). The Labute approximate surface area is 138 Å². The van der Waals surface area contributed by atoms with Gasteiger partial charge in [0.1, 0.15) is 6.04 Å². The highest BCUT2D eigenvalue weighted by atomic mass is 16.7. The van der Waals surface area contributed by atoms with Gasteiger partial charge in [-0.1, -0.05) is 12.1 Å². The summed E-state index contributed by atoms with van der Waals surface area (Å²) < 4.78 is 10.9. The van der Waals surface area contributed by atoms with E-state index in [-0.39, 0.29) is 12.8 Å². The van der Waals surface area contributed by atoms with Crippen molar-refractivity contribution in [1.29, 1.82) is 0 Å². The van der Waals surface area contributed by atoms with Crippen LogP contribution < -0.4 is 20.9 Å². The van der Waals surface area contributed by atoms with E-state index in [0.29, 0.717) is 23.6 Å². The number of hydrogen-bond acceptors (Lipinski definition) is 6. The largest absolute Gasteiger partial charge is 0.454 e. The molecule has 2 aromatic rings. The molecule has 2 unspecified atom stereocenters. The number of rotatable bonds is 2. The van der Waals surface area contributed by atoms with E-state index in [1.165, 1.54) is 0 Å². The second kappa shape index (κ2) is 5.52. The third-order valence-electron chi connectivity index (χ3n) is 4.24. The normalized spacial score (nSPS) is 21.2. The van der Waals surface area contributed by atoms with Gasteiger partial charge in [-0.05, 0) is 41.0 Å². The van der Waals surface area contributed by atoms with Crippen molar-refractivity contribution in [3.8, 4) is 11.5 Å². The molecule has 0 radical (unpaired) electrons. The van der Waals surface area contributed by atoms with Gasteiger partial charge in [0.25, 0.3) is 0 Å². The highest BCUT2D eigenvalue weighted by Gasteiger charge is 2.29.